The Morgan fingerprint density at radius 1 is 1.11 bits per heavy atom. The lowest BCUT2D eigenvalue weighted by Gasteiger charge is -2.33. The molecule has 0 spiro atoms. The molecule has 0 aromatic heterocycles. The van der Waals surface area contributed by atoms with E-state index in [-0.39, 0.29) is 11.7 Å². The molecule has 0 bridgehead atoms. The van der Waals surface area contributed by atoms with E-state index in [9.17, 15) is 4.79 Å². The number of rotatable bonds is 10. The van der Waals surface area contributed by atoms with E-state index in [0.29, 0.717) is 26.2 Å². The molecule has 0 aliphatic carbocycles. The van der Waals surface area contributed by atoms with E-state index in [2.05, 4.69) is 0 Å². The van der Waals surface area contributed by atoms with Gasteiger partial charge in [0, 0.05) is 26.7 Å². The first-order valence-electron chi connectivity index (χ1n) is 6.65. The third-order valence-corrected chi connectivity index (χ3v) is 5.58. The van der Waals surface area contributed by atoms with Crippen LogP contribution in [0.2, 0.25) is 0 Å². The van der Waals surface area contributed by atoms with Crippen LogP contribution in [0, 0.1) is 0 Å². The highest BCUT2D eigenvalue weighted by molar-refractivity contribution is 6.63. The van der Waals surface area contributed by atoms with Gasteiger partial charge in [-0.25, -0.2) is 0 Å². The molecular weight excluding hydrogens is 252 g/mol. The topological polar surface area (TPSA) is 54.0 Å². The SMILES string of the molecule is CCCOC(CC)[Si](OCC)(OCC)OC(C)=O. The van der Waals surface area contributed by atoms with Gasteiger partial charge in [-0.05, 0) is 26.7 Å². The Hall–Kier alpha value is -0.433. The van der Waals surface area contributed by atoms with Gasteiger partial charge in [-0.2, -0.15) is 0 Å². The van der Waals surface area contributed by atoms with E-state index in [4.69, 9.17) is 18.0 Å². The fraction of sp³-hybridized carbons (Fsp3) is 0.917. The zero-order valence-electron chi connectivity index (χ0n) is 12.2. The molecule has 0 N–H and O–H groups in total. The summed E-state index contributed by atoms with van der Waals surface area (Å²) in [5.41, 5.74) is -0.291. The zero-order chi connectivity index (χ0) is 14.0. The molecule has 0 heterocycles. The predicted molar refractivity (Wildman–Crippen MR) is 71.1 cm³/mol. The average Bonchev–Trinajstić information content (AvgIpc) is 2.29. The van der Waals surface area contributed by atoms with E-state index in [0.717, 1.165) is 6.42 Å². The maximum Gasteiger partial charge on any atom is 0.598 e. The largest absolute Gasteiger partial charge is 0.598 e. The second-order valence-corrected chi connectivity index (χ2v) is 6.46. The molecule has 108 valence electrons. The highest BCUT2D eigenvalue weighted by Crippen LogP contribution is 2.21. The Morgan fingerprint density at radius 3 is 2.00 bits per heavy atom. The summed E-state index contributed by atoms with van der Waals surface area (Å²) < 4.78 is 22.5. The van der Waals surface area contributed by atoms with Crippen LogP contribution >= 0.6 is 0 Å². The van der Waals surface area contributed by atoms with Crippen molar-refractivity contribution >= 4 is 14.8 Å². The molecule has 0 amide bonds. The van der Waals surface area contributed by atoms with Gasteiger partial charge in [0.25, 0.3) is 5.97 Å². The van der Waals surface area contributed by atoms with Crippen LogP contribution in [0.1, 0.15) is 47.5 Å². The molecule has 0 aliphatic heterocycles. The van der Waals surface area contributed by atoms with Crippen molar-refractivity contribution in [3.05, 3.63) is 0 Å². The first-order chi connectivity index (χ1) is 8.56. The molecule has 6 heteroatoms. The summed E-state index contributed by atoms with van der Waals surface area (Å²) in [4.78, 5) is 11.3. The molecule has 1 unspecified atom stereocenters. The van der Waals surface area contributed by atoms with Crippen LogP contribution in [-0.2, 0) is 22.8 Å². The lowest BCUT2D eigenvalue weighted by atomic mass is 10.5. The molecule has 0 saturated carbocycles. The second-order valence-electron chi connectivity index (χ2n) is 3.83. The van der Waals surface area contributed by atoms with E-state index in [1.54, 1.807) is 0 Å². The molecule has 0 saturated heterocycles. The minimum absolute atomic E-state index is 0.291. The lowest BCUT2D eigenvalue weighted by Crippen LogP contribution is -2.58. The minimum Gasteiger partial charge on any atom is -0.472 e. The summed E-state index contributed by atoms with van der Waals surface area (Å²) in [5, 5.41) is 0. The van der Waals surface area contributed by atoms with Gasteiger partial charge < -0.3 is 18.0 Å². The van der Waals surface area contributed by atoms with Crippen molar-refractivity contribution in [2.24, 2.45) is 0 Å². The van der Waals surface area contributed by atoms with E-state index >= 15 is 0 Å². The Kier molecular flexibility index (Phi) is 9.26. The first kappa shape index (κ1) is 17.6. The van der Waals surface area contributed by atoms with Crippen LogP contribution in [0.3, 0.4) is 0 Å². The Morgan fingerprint density at radius 2 is 1.67 bits per heavy atom. The van der Waals surface area contributed by atoms with Crippen LogP contribution in [0.25, 0.3) is 0 Å². The third kappa shape index (κ3) is 5.47. The van der Waals surface area contributed by atoms with Crippen molar-refractivity contribution < 1.29 is 22.8 Å². The summed E-state index contributed by atoms with van der Waals surface area (Å²) in [5.74, 6) is -0.387. The minimum atomic E-state index is -3.10. The first-order valence-corrected chi connectivity index (χ1v) is 8.45. The van der Waals surface area contributed by atoms with Crippen molar-refractivity contribution in [1.29, 1.82) is 0 Å². The molecule has 0 radical (unpaired) electrons. The summed E-state index contributed by atoms with van der Waals surface area (Å²) in [6, 6.07) is 0. The normalized spacial score (nSPS) is 13.4. The quantitative estimate of drug-likeness (QED) is 0.574. The zero-order valence-corrected chi connectivity index (χ0v) is 13.2. The van der Waals surface area contributed by atoms with Gasteiger partial charge in [-0.15, -0.1) is 0 Å². The van der Waals surface area contributed by atoms with Crippen LogP contribution in [0.15, 0.2) is 0 Å². The standard InChI is InChI=1S/C12H26O5Si/c1-6-10-14-12(7-2)18(15-8-3,16-9-4)17-11(5)13/h12H,6-10H2,1-5H3. The predicted octanol–water partition coefficient (Wildman–Crippen LogP) is 2.31. The number of carbonyl (C=O) groups excluding carboxylic acids is 1. The summed E-state index contributed by atoms with van der Waals surface area (Å²) >= 11 is 0. The molecule has 0 aliphatic rings. The van der Waals surface area contributed by atoms with Gasteiger partial charge in [-0.1, -0.05) is 13.8 Å². The van der Waals surface area contributed by atoms with Gasteiger partial charge in [0.2, 0.25) is 0 Å². The van der Waals surface area contributed by atoms with E-state index in [1.165, 1.54) is 6.92 Å². The molecule has 1 atom stereocenters. The number of hydrogen-bond donors (Lipinski definition) is 0. The van der Waals surface area contributed by atoms with Crippen molar-refractivity contribution in [1.82, 2.24) is 0 Å². The van der Waals surface area contributed by atoms with Gasteiger partial charge >= 0.3 is 8.80 Å². The highest BCUT2D eigenvalue weighted by Gasteiger charge is 2.52. The fourth-order valence-corrected chi connectivity index (χ4v) is 4.42. The van der Waals surface area contributed by atoms with Gasteiger partial charge in [0.1, 0.15) is 5.73 Å². The number of ether oxygens (including phenoxy) is 1. The molecular formula is C12H26O5Si. The molecule has 18 heavy (non-hydrogen) atoms. The van der Waals surface area contributed by atoms with Crippen molar-refractivity contribution in [3.63, 3.8) is 0 Å². The van der Waals surface area contributed by atoms with Crippen molar-refractivity contribution in [2.75, 3.05) is 19.8 Å². The van der Waals surface area contributed by atoms with Crippen molar-refractivity contribution in [3.8, 4) is 0 Å². The number of carbonyl (C=O) groups is 1. The molecule has 0 aromatic rings. The van der Waals surface area contributed by atoms with Gasteiger partial charge in [-0.3, -0.25) is 4.79 Å². The summed E-state index contributed by atoms with van der Waals surface area (Å²) in [6.07, 6.45) is 1.60. The smallest absolute Gasteiger partial charge is 0.472 e. The maximum atomic E-state index is 11.3. The van der Waals surface area contributed by atoms with Crippen LogP contribution < -0.4 is 0 Å². The summed E-state index contributed by atoms with van der Waals surface area (Å²) in [7, 11) is -3.10. The Labute approximate surface area is 111 Å². The molecule has 5 nitrogen and oxygen atoms in total. The highest BCUT2D eigenvalue weighted by atomic mass is 28.4. The monoisotopic (exact) mass is 278 g/mol. The van der Waals surface area contributed by atoms with Crippen LogP contribution in [0.5, 0.6) is 0 Å². The number of hydrogen-bond acceptors (Lipinski definition) is 5. The fourth-order valence-electron chi connectivity index (χ4n) is 1.68. The Bertz CT molecular complexity index is 229. The summed E-state index contributed by atoms with van der Waals surface area (Å²) in [6.45, 7) is 10.6. The van der Waals surface area contributed by atoms with Gasteiger partial charge in [0.05, 0.1) is 0 Å². The Balaban J connectivity index is 4.99. The second kappa shape index (κ2) is 9.49. The molecule has 0 rings (SSSR count). The van der Waals surface area contributed by atoms with Crippen LogP contribution in [-0.4, -0.2) is 40.3 Å². The van der Waals surface area contributed by atoms with Crippen molar-refractivity contribution in [2.45, 2.75) is 53.2 Å². The average molecular weight is 278 g/mol. The molecule has 0 fully saturated rings. The molecule has 0 aromatic carbocycles. The van der Waals surface area contributed by atoms with Crippen LogP contribution in [0.4, 0.5) is 0 Å². The van der Waals surface area contributed by atoms with Gasteiger partial charge in [0.15, 0.2) is 0 Å². The van der Waals surface area contributed by atoms with E-state index in [1.807, 2.05) is 27.7 Å². The third-order valence-electron chi connectivity index (χ3n) is 2.27. The lowest BCUT2D eigenvalue weighted by molar-refractivity contribution is -0.139. The maximum absolute atomic E-state index is 11.3. The van der Waals surface area contributed by atoms with E-state index < -0.39 is 8.80 Å².